The van der Waals surface area contributed by atoms with Crippen LogP contribution in [0.15, 0.2) is 0 Å². The van der Waals surface area contributed by atoms with Crippen LogP contribution in [0.4, 0.5) is 0 Å². The molecule has 3 unspecified atom stereocenters. The van der Waals surface area contributed by atoms with Crippen LogP contribution in [-0.4, -0.2) is 41.6 Å². The van der Waals surface area contributed by atoms with E-state index in [-0.39, 0.29) is 11.9 Å². The standard InChI is InChI=1S/C11H21N3O/c12-11(13)2-1-5-14-6-8-3-4-10(15)9(8)7-14/h8-10,15H,1-7H2,(H3,12,13). The zero-order valence-corrected chi connectivity index (χ0v) is 9.15. The SMILES string of the molecule is N=C(N)CCCN1CC2CCC(O)C2C1. The molecule has 0 radical (unpaired) electrons. The van der Waals surface area contributed by atoms with Crippen LogP contribution < -0.4 is 5.73 Å². The molecule has 1 heterocycles. The van der Waals surface area contributed by atoms with Gasteiger partial charge in [-0.15, -0.1) is 0 Å². The van der Waals surface area contributed by atoms with Crippen molar-refractivity contribution in [2.75, 3.05) is 19.6 Å². The molecule has 1 aliphatic heterocycles. The fraction of sp³-hybridized carbons (Fsp3) is 0.909. The van der Waals surface area contributed by atoms with E-state index in [1.54, 1.807) is 0 Å². The van der Waals surface area contributed by atoms with Gasteiger partial charge in [0.1, 0.15) is 0 Å². The van der Waals surface area contributed by atoms with Crippen molar-refractivity contribution in [3.8, 4) is 0 Å². The van der Waals surface area contributed by atoms with E-state index >= 15 is 0 Å². The van der Waals surface area contributed by atoms with E-state index in [4.69, 9.17) is 11.1 Å². The summed E-state index contributed by atoms with van der Waals surface area (Å²) in [5.74, 6) is 1.52. The summed E-state index contributed by atoms with van der Waals surface area (Å²) in [6, 6.07) is 0. The summed E-state index contributed by atoms with van der Waals surface area (Å²) in [4.78, 5) is 2.42. The third-order valence-corrected chi connectivity index (χ3v) is 3.82. The number of likely N-dealkylation sites (tertiary alicyclic amines) is 1. The van der Waals surface area contributed by atoms with Crippen LogP contribution >= 0.6 is 0 Å². The van der Waals surface area contributed by atoms with E-state index in [9.17, 15) is 5.11 Å². The predicted molar refractivity (Wildman–Crippen MR) is 59.8 cm³/mol. The number of aliphatic hydroxyl groups is 1. The van der Waals surface area contributed by atoms with Crippen molar-refractivity contribution in [2.24, 2.45) is 17.6 Å². The van der Waals surface area contributed by atoms with Gasteiger partial charge in [0.15, 0.2) is 0 Å². The van der Waals surface area contributed by atoms with Gasteiger partial charge in [0, 0.05) is 25.4 Å². The Hall–Kier alpha value is -0.610. The van der Waals surface area contributed by atoms with E-state index in [0.29, 0.717) is 12.3 Å². The molecule has 1 aliphatic carbocycles. The highest BCUT2D eigenvalue weighted by Gasteiger charge is 2.41. The largest absolute Gasteiger partial charge is 0.393 e. The first-order valence-electron chi connectivity index (χ1n) is 5.90. The number of hydrogen-bond acceptors (Lipinski definition) is 3. The zero-order chi connectivity index (χ0) is 10.8. The fourth-order valence-corrected chi connectivity index (χ4v) is 3.00. The lowest BCUT2D eigenvalue weighted by Crippen LogP contribution is -2.26. The topological polar surface area (TPSA) is 73.3 Å². The van der Waals surface area contributed by atoms with Crippen molar-refractivity contribution < 1.29 is 5.11 Å². The predicted octanol–water partition coefficient (Wildman–Crippen LogP) is 0.405. The quantitative estimate of drug-likeness (QED) is 0.465. The summed E-state index contributed by atoms with van der Waals surface area (Å²) in [5.41, 5.74) is 5.32. The summed E-state index contributed by atoms with van der Waals surface area (Å²) in [5, 5.41) is 16.9. The Morgan fingerprint density at radius 3 is 2.87 bits per heavy atom. The van der Waals surface area contributed by atoms with Gasteiger partial charge in [-0.25, -0.2) is 0 Å². The average Bonchev–Trinajstić information content (AvgIpc) is 2.69. The third-order valence-electron chi connectivity index (χ3n) is 3.82. The van der Waals surface area contributed by atoms with Gasteiger partial charge in [-0.2, -0.15) is 0 Å². The number of amidine groups is 1. The molecule has 0 spiro atoms. The first-order chi connectivity index (χ1) is 7.16. The van der Waals surface area contributed by atoms with E-state index in [1.807, 2.05) is 0 Å². The summed E-state index contributed by atoms with van der Waals surface area (Å²) in [6.45, 7) is 3.21. The molecular weight excluding hydrogens is 190 g/mol. The molecule has 0 aromatic carbocycles. The van der Waals surface area contributed by atoms with Crippen molar-refractivity contribution in [3.63, 3.8) is 0 Å². The van der Waals surface area contributed by atoms with Crippen molar-refractivity contribution >= 4 is 5.84 Å². The molecule has 2 fully saturated rings. The van der Waals surface area contributed by atoms with Crippen LogP contribution in [-0.2, 0) is 0 Å². The number of nitrogens with zero attached hydrogens (tertiary/aromatic N) is 1. The highest BCUT2D eigenvalue weighted by Crippen LogP contribution is 2.37. The highest BCUT2D eigenvalue weighted by molar-refractivity contribution is 5.76. The Balaban J connectivity index is 1.72. The second-order valence-electron chi connectivity index (χ2n) is 4.96. The molecule has 2 rings (SSSR count). The van der Waals surface area contributed by atoms with Gasteiger partial charge in [0.2, 0.25) is 0 Å². The highest BCUT2D eigenvalue weighted by atomic mass is 16.3. The molecule has 4 nitrogen and oxygen atoms in total. The minimum Gasteiger partial charge on any atom is -0.393 e. The van der Waals surface area contributed by atoms with Gasteiger partial charge in [-0.3, -0.25) is 5.41 Å². The number of hydrogen-bond donors (Lipinski definition) is 3. The lowest BCUT2D eigenvalue weighted by atomic mass is 10.00. The van der Waals surface area contributed by atoms with Crippen molar-refractivity contribution in [2.45, 2.75) is 31.8 Å². The molecular formula is C11H21N3O. The van der Waals surface area contributed by atoms with Crippen LogP contribution in [0, 0.1) is 17.2 Å². The van der Waals surface area contributed by atoms with Gasteiger partial charge in [0.05, 0.1) is 11.9 Å². The van der Waals surface area contributed by atoms with E-state index in [1.165, 1.54) is 6.42 Å². The van der Waals surface area contributed by atoms with Crippen LogP contribution in [0.1, 0.15) is 25.7 Å². The Kier molecular flexibility index (Phi) is 3.26. The Morgan fingerprint density at radius 1 is 1.40 bits per heavy atom. The van der Waals surface area contributed by atoms with Crippen LogP contribution in [0.25, 0.3) is 0 Å². The second-order valence-corrected chi connectivity index (χ2v) is 4.96. The molecule has 4 N–H and O–H groups in total. The average molecular weight is 211 g/mol. The summed E-state index contributed by atoms with van der Waals surface area (Å²) in [6.07, 6.45) is 3.80. The molecule has 86 valence electrons. The molecule has 0 aromatic heterocycles. The maximum absolute atomic E-state index is 9.75. The molecule has 0 amide bonds. The fourth-order valence-electron chi connectivity index (χ4n) is 3.00. The smallest absolute Gasteiger partial charge is 0.0905 e. The van der Waals surface area contributed by atoms with E-state index in [0.717, 1.165) is 38.4 Å². The van der Waals surface area contributed by atoms with Gasteiger partial charge in [-0.05, 0) is 31.7 Å². The Bertz CT molecular complexity index is 244. The number of fused-ring (bicyclic) bond motifs is 1. The van der Waals surface area contributed by atoms with Crippen molar-refractivity contribution in [3.05, 3.63) is 0 Å². The Morgan fingerprint density at radius 2 is 2.20 bits per heavy atom. The summed E-state index contributed by atoms with van der Waals surface area (Å²) >= 11 is 0. The first-order valence-corrected chi connectivity index (χ1v) is 5.90. The monoisotopic (exact) mass is 211 g/mol. The van der Waals surface area contributed by atoms with Crippen LogP contribution in [0.2, 0.25) is 0 Å². The first kappa shape index (κ1) is 10.9. The molecule has 0 bridgehead atoms. The molecule has 0 aromatic rings. The van der Waals surface area contributed by atoms with E-state index < -0.39 is 0 Å². The van der Waals surface area contributed by atoms with Crippen LogP contribution in [0.5, 0.6) is 0 Å². The van der Waals surface area contributed by atoms with Gasteiger partial charge in [-0.1, -0.05) is 0 Å². The maximum Gasteiger partial charge on any atom is 0.0905 e. The van der Waals surface area contributed by atoms with Gasteiger partial charge in [0.25, 0.3) is 0 Å². The third kappa shape index (κ3) is 2.49. The number of rotatable bonds is 4. The lowest BCUT2D eigenvalue weighted by molar-refractivity contribution is 0.124. The molecule has 1 saturated carbocycles. The summed E-state index contributed by atoms with van der Waals surface area (Å²) < 4.78 is 0. The van der Waals surface area contributed by atoms with Crippen molar-refractivity contribution in [1.29, 1.82) is 5.41 Å². The molecule has 2 aliphatic rings. The molecule has 4 heteroatoms. The van der Waals surface area contributed by atoms with Crippen LogP contribution in [0.3, 0.4) is 0 Å². The van der Waals surface area contributed by atoms with E-state index in [2.05, 4.69) is 4.90 Å². The number of nitrogens with one attached hydrogen (secondary N) is 1. The molecule has 15 heavy (non-hydrogen) atoms. The van der Waals surface area contributed by atoms with Crippen molar-refractivity contribution in [1.82, 2.24) is 4.90 Å². The molecule has 1 saturated heterocycles. The zero-order valence-electron chi connectivity index (χ0n) is 9.15. The minimum absolute atomic E-state index is 0.0622. The number of nitrogens with two attached hydrogens (primary N) is 1. The maximum atomic E-state index is 9.75. The molecule has 3 atom stereocenters. The van der Waals surface area contributed by atoms with Gasteiger partial charge >= 0.3 is 0 Å². The summed E-state index contributed by atoms with van der Waals surface area (Å²) in [7, 11) is 0. The normalized spacial score (nSPS) is 35.7. The lowest BCUT2D eigenvalue weighted by Gasteiger charge is -2.17. The minimum atomic E-state index is -0.0622. The Labute approximate surface area is 91.0 Å². The van der Waals surface area contributed by atoms with Gasteiger partial charge < -0.3 is 15.7 Å². The number of aliphatic hydroxyl groups excluding tert-OH is 1. The second kappa shape index (κ2) is 4.49.